The van der Waals surface area contributed by atoms with E-state index in [4.69, 9.17) is 0 Å². The first-order chi connectivity index (χ1) is 7.25. The number of halogens is 1. The van der Waals surface area contributed by atoms with Crippen LogP contribution in [0.1, 0.15) is 12.5 Å². The van der Waals surface area contributed by atoms with Crippen LogP contribution < -0.4 is 5.32 Å². The number of hydrogen-bond acceptors (Lipinski definition) is 3. The second-order valence-corrected chi connectivity index (χ2v) is 4.83. The lowest BCUT2D eigenvalue weighted by Crippen LogP contribution is -2.49. The number of nitrogens with zero attached hydrogens (tertiary/aromatic N) is 2. The van der Waals surface area contributed by atoms with Crippen molar-refractivity contribution in [3.63, 3.8) is 0 Å². The third-order valence-electron chi connectivity index (χ3n) is 2.81. The molecule has 0 spiro atoms. The molecule has 82 valence electrons. The van der Waals surface area contributed by atoms with Gasteiger partial charge in [0.15, 0.2) is 0 Å². The maximum atomic E-state index is 4.24. The Morgan fingerprint density at radius 2 is 2.47 bits per heavy atom. The number of pyridine rings is 1. The van der Waals surface area contributed by atoms with E-state index in [9.17, 15) is 0 Å². The number of aromatic nitrogens is 1. The van der Waals surface area contributed by atoms with E-state index in [0.717, 1.165) is 30.8 Å². The monoisotopic (exact) mass is 269 g/mol. The van der Waals surface area contributed by atoms with Gasteiger partial charge in [0, 0.05) is 38.4 Å². The molecule has 2 heterocycles. The molecule has 3 nitrogen and oxygen atoms in total. The molecule has 1 fully saturated rings. The standard InChI is InChI=1S/C11H16BrN3/c1-9-6-13-4-5-15(9)8-10-2-3-11(12)14-7-10/h2-3,7,9,13H,4-6,8H2,1H3. The van der Waals surface area contributed by atoms with Crippen molar-refractivity contribution in [3.05, 3.63) is 28.5 Å². The normalized spacial score (nSPS) is 22.9. The van der Waals surface area contributed by atoms with Crippen molar-refractivity contribution in [1.29, 1.82) is 0 Å². The first-order valence-electron chi connectivity index (χ1n) is 5.31. The summed E-state index contributed by atoms with van der Waals surface area (Å²) in [5.74, 6) is 0. The molecule has 1 atom stereocenters. The summed E-state index contributed by atoms with van der Waals surface area (Å²) in [5, 5.41) is 3.39. The van der Waals surface area contributed by atoms with Crippen LogP contribution in [0.5, 0.6) is 0 Å². The molecule has 4 heteroatoms. The third kappa shape index (κ3) is 3.00. The summed E-state index contributed by atoms with van der Waals surface area (Å²) in [6.07, 6.45) is 1.94. The molecule has 1 aromatic heterocycles. The summed E-state index contributed by atoms with van der Waals surface area (Å²) in [7, 11) is 0. The number of rotatable bonds is 2. The molecule has 1 aromatic rings. The van der Waals surface area contributed by atoms with Gasteiger partial charge >= 0.3 is 0 Å². The minimum absolute atomic E-state index is 0.613. The predicted molar refractivity (Wildman–Crippen MR) is 64.7 cm³/mol. The van der Waals surface area contributed by atoms with Crippen LogP contribution in [0.2, 0.25) is 0 Å². The average Bonchev–Trinajstić information content (AvgIpc) is 2.25. The molecule has 0 amide bonds. The predicted octanol–water partition coefficient (Wildman–Crippen LogP) is 1.64. The fraction of sp³-hybridized carbons (Fsp3) is 0.545. The summed E-state index contributed by atoms with van der Waals surface area (Å²) in [5.41, 5.74) is 1.28. The van der Waals surface area contributed by atoms with Crippen LogP contribution in [0.3, 0.4) is 0 Å². The van der Waals surface area contributed by atoms with E-state index in [0.29, 0.717) is 6.04 Å². The van der Waals surface area contributed by atoms with Gasteiger partial charge in [0.2, 0.25) is 0 Å². The third-order valence-corrected chi connectivity index (χ3v) is 3.28. The van der Waals surface area contributed by atoms with E-state index in [1.54, 1.807) is 0 Å². The van der Waals surface area contributed by atoms with Crippen molar-refractivity contribution in [2.75, 3.05) is 19.6 Å². The van der Waals surface area contributed by atoms with E-state index < -0.39 is 0 Å². The Labute approximate surface area is 99.0 Å². The molecule has 0 aromatic carbocycles. The van der Waals surface area contributed by atoms with Crippen LogP contribution in [-0.2, 0) is 6.54 Å². The first kappa shape index (κ1) is 11.0. The Morgan fingerprint density at radius 3 is 3.13 bits per heavy atom. The molecule has 1 saturated heterocycles. The molecular formula is C11H16BrN3. The lowest BCUT2D eigenvalue weighted by atomic mass is 10.2. The molecule has 1 unspecified atom stereocenters. The molecule has 0 bridgehead atoms. The van der Waals surface area contributed by atoms with Crippen molar-refractivity contribution < 1.29 is 0 Å². The van der Waals surface area contributed by atoms with E-state index in [1.807, 2.05) is 12.3 Å². The van der Waals surface area contributed by atoms with E-state index in [2.05, 4.69) is 44.1 Å². The van der Waals surface area contributed by atoms with Gasteiger partial charge < -0.3 is 5.32 Å². The summed E-state index contributed by atoms with van der Waals surface area (Å²) in [6.45, 7) is 6.57. The van der Waals surface area contributed by atoms with Crippen molar-refractivity contribution in [2.45, 2.75) is 19.5 Å². The topological polar surface area (TPSA) is 28.2 Å². The Bertz CT molecular complexity index is 312. The quantitative estimate of drug-likeness (QED) is 0.828. The molecule has 1 aliphatic heterocycles. The second-order valence-electron chi connectivity index (χ2n) is 4.01. The van der Waals surface area contributed by atoms with Gasteiger partial charge in [0.25, 0.3) is 0 Å². The summed E-state index contributed by atoms with van der Waals surface area (Å²) >= 11 is 3.35. The van der Waals surface area contributed by atoms with Crippen LogP contribution in [0, 0.1) is 0 Å². The van der Waals surface area contributed by atoms with Gasteiger partial charge in [0.05, 0.1) is 0 Å². The second kappa shape index (κ2) is 5.05. The first-order valence-corrected chi connectivity index (χ1v) is 6.10. The Morgan fingerprint density at radius 1 is 1.60 bits per heavy atom. The molecule has 1 aliphatic rings. The minimum Gasteiger partial charge on any atom is -0.314 e. The zero-order chi connectivity index (χ0) is 10.7. The van der Waals surface area contributed by atoms with Crippen LogP contribution in [-0.4, -0.2) is 35.6 Å². The maximum Gasteiger partial charge on any atom is 0.106 e. The zero-order valence-corrected chi connectivity index (χ0v) is 10.5. The van der Waals surface area contributed by atoms with E-state index in [1.165, 1.54) is 5.56 Å². The molecule has 0 radical (unpaired) electrons. The molecule has 2 rings (SSSR count). The van der Waals surface area contributed by atoms with E-state index in [-0.39, 0.29) is 0 Å². The number of piperazine rings is 1. The highest BCUT2D eigenvalue weighted by atomic mass is 79.9. The van der Waals surface area contributed by atoms with Crippen LogP contribution in [0.15, 0.2) is 22.9 Å². The smallest absolute Gasteiger partial charge is 0.106 e. The highest BCUT2D eigenvalue weighted by Crippen LogP contribution is 2.11. The van der Waals surface area contributed by atoms with Crippen molar-refractivity contribution in [2.24, 2.45) is 0 Å². The average molecular weight is 270 g/mol. The minimum atomic E-state index is 0.613. The van der Waals surface area contributed by atoms with Crippen LogP contribution in [0.4, 0.5) is 0 Å². The molecule has 1 N–H and O–H groups in total. The number of nitrogens with one attached hydrogen (secondary N) is 1. The Balaban J connectivity index is 1.98. The summed E-state index contributed by atoms with van der Waals surface area (Å²) < 4.78 is 0.902. The van der Waals surface area contributed by atoms with Gasteiger partial charge in [-0.3, -0.25) is 4.90 Å². The van der Waals surface area contributed by atoms with Gasteiger partial charge in [0.1, 0.15) is 4.60 Å². The highest BCUT2D eigenvalue weighted by Gasteiger charge is 2.17. The largest absolute Gasteiger partial charge is 0.314 e. The van der Waals surface area contributed by atoms with Gasteiger partial charge in [-0.05, 0) is 34.5 Å². The van der Waals surface area contributed by atoms with E-state index >= 15 is 0 Å². The van der Waals surface area contributed by atoms with Crippen LogP contribution >= 0.6 is 15.9 Å². The van der Waals surface area contributed by atoms with Crippen molar-refractivity contribution in [3.8, 4) is 0 Å². The van der Waals surface area contributed by atoms with Crippen LogP contribution in [0.25, 0.3) is 0 Å². The lowest BCUT2D eigenvalue weighted by Gasteiger charge is -2.33. The van der Waals surface area contributed by atoms with Crippen molar-refractivity contribution >= 4 is 15.9 Å². The Hall–Kier alpha value is -0.450. The van der Waals surface area contributed by atoms with Gasteiger partial charge in [-0.25, -0.2) is 4.98 Å². The lowest BCUT2D eigenvalue weighted by molar-refractivity contribution is 0.165. The Kier molecular flexibility index (Phi) is 3.72. The fourth-order valence-corrected chi connectivity index (χ4v) is 2.09. The fourth-order valence-electron chi connectivity index (χ4n) is 1.85. The van der Waals surface area contributed by atoms with Gasteiger partial charge in [-0.1, -0.05) is 6.07 Å². The van der Waals surface area contributed by atoms with Gasteiger partial charge in [-0.2, -0.15) is 0 Å². The summed E-state index contributed by atoms with van der Waals surface area (Å²) in [4.78, 5) is 6.73. The zero-order valence-electron chi connectivity index (χ0n) is 8.91. The highest BCUT2D eigenvalue weighted by molar-refractivity contribution is 9.10. The SMILES string of the molecule is CC1CNCCN1Cc1ccc(Br)nc1. The molecule has 0 aliphatic carbocycles. The molecular weight excluding hydrogens is 254 g/mol. The maximum absolute atomic E-state index is 4.24. The van der Waals surface area contributed by atoms with Gasteiger partial charge in [-0.15, -0.1) is 0 Å². The molecule has 15 heavy (non-hydrogen) atoms. The van der Waals surface area contributed by atoms with Crippen molar-refractivity contribution in [1.82, 2.24) is 15.2 Å². The molecule has 0 saturated carbocycles. The number of hydrogen-bond donors (Lipinski definition) is 1. The summed E-state index contributed by atoms with van der Waals surface area (Å²) in [6, 6.07) is 4.75.